The molecule has 15 heavy (non-hydrogen) atoms. The number of thioether (sulfide) groups is 1. The first-order valence-corrected chi connectivity index (χ1v) is 7.64. The molecule has 1 aliphatic rings. The lowest BCUT2D eigenvalue weighted by atomic mass is 9.78. The molecule has 1 rings (SSSR count). The minimum absolute atomic E-state index is 0.915. The monoisotopic (exact) mass is 226 g/mol. The Morgan fingerprint density at radius 1 is 1.27 bits per heavy atom. The molecule has 0 bridgehead atoms. The van der Waals surface area contributed by atoms with E-state index in [9.17, 15) is 0 Å². The summed E-state index contributed by atoms with van der Waals surface area (Å²) < 4.78 is 0. The van der Waals surface area contributed by atoms with Gasteiger partial charge in [0, 0.05) is 0 Å². The van der Waals surface area contributed by atoms with E-state index < -0.39 is 0 Å². The van der Waals surface area contributed by atoms with Gasteiger partial charge in [-0.1, -0.05) is 38.7 Å². The third-order valence-corrected chi connectivity index (χ3v) is 4.79. The van der Waals surface area contributed by atoms with Gasteiger partial charge in [0.2, 0.25) is 0 Å². The van der Waals surface area contributed by atoms with E-state index in [0.29, 0.717) is 0 Å². The van der Waals surface area contributed by atoms with Gasteiger partial charge in [-0.25, -0.2) is 0 Å². The normalized spacial score (nSPS) is 27.2. The predicted octanol–water partition coefficient (Wildman–Crippen LogP) is 5.25. The third-order valence-electron chi connectivity index (χ3n) is 3.78. The largest absolute Gasteiger partial charge is 0.134 e. The summed E-state index contributed by atoms with van der Waals surface area (Å²) in [5.74, 6) is 1.88. The summed E-state index contributed by atoms with van der Waals surface area (Å²) in [6.45, 7) is 7.06. The Hall–Kier alpha value is 0.0900. The van der Waals surface area contributed by atoms with Crippen molar-refractivity contribution in [1.29, 1.82) is 0 Å². The Bertz CT molecular complexity index is 217. The van der Waals surface area contributed by atoms with Crippen LogP contribution < -0.4 is 0 Å². The molecule has 0 radical (unpaired) electrons. The number of hydrogen-bond donors (Lipinski definition) is 0. The van der Waals surface area contributed by atoms with E-state index in [1.165, 1.54) is 38.5 Å². The van der Waals surface area contributed by atoms with Gasteiger partial charge in [0.1, 0.15) is 0 Å². The van der Waals surface area contributed by atoms with Crippen molar-refractivity contribution >= 4 is 11.8 Å². The Kier molecular flexibility index (Phi) is 5.81. The van der Waals surface area contributed by atoms with E-state index in [0.717, 1.165) is 11.8 Å². The minimum atomic E-state index is 0.915. The van der Waals surface area contributed by atoms with Gasteiger partial charge in [0.05, 0.1) is 0 Å². The molecule has 88 valence electrons. The van der Waals surface area contributed by atoms with Crippen LogP contribution in [-0.2, 0) is 0 Å². The molecule has 0 N–H and O–H groups in total. The van der Waals surface area contributed by atoms with Gasteiger partial charge < -0.3 is 0 Å². The molecule has 2 unspecified atom stereocenters. The average Bonchev–Trinajstić information content (AvgIpc) is 2.21. The lowest BCUT2D eigenvalue weighted by molar-refractivity contribution is 0.308. The summed E-state index contributed by atoms with van der Waals surface area (Å²) in [5.41, 5.74) is 1.65. The molecular formula is C14H26S. The minimum Gasteiger partial charge on any atom is -0.134 e. The standard InChI is InChI=1S/C14H26S/c1-5-6-7-8-13-10-14(15-4)12(3)9-11(13)2/h11,13H,5-10H2,1-4H3. The van der Waals surface area contributed by atoms with Crippen LogP contribution in [0.3, 0.4) is 0 Å². The number of hydrogen-bond acceptors (Lipinski definition) is 1. The molecule has 1 heteroatoms. The van der Waals surface area contributed by atoms with Crippen LogP contribution in [0, 0.1) is 11.8 Å². The highest BCUT2D eigenvalue weighted by Crippen LogP contribution is 2.40. The van der Waals surface area contributed by atoms with Crippen molar-refractivity contribution in [2.75, 3.05) is 6.26 Å². The van der Waals surface area contributed by atoms with E-state index in [1.54, 1.807) is 10.5 Å². The van der Waals surface area contributed by atoms with Gasteiger partial charge in [-0.2, -0.15) is 0 Å². The molecular weight excluding hydrogens is 200 g/mol. The highest BCUT2D eigenvalue weighted by atomic mass is 32.2. The first-order chi connectivity index (χ1) is 7.19. The lowest BCUT2D eigenvalue weighted by Crippen LogP contribution is -2.18. The molecule has 0 aromatic rings. The SMILES string of the molecule is CCCCCC1CC(SC)=C(C)CC1C. The summed E-state index contributed by atoms with van der Waals surface area (Å²) in [6, 6.07) is 0. The van der Waals surface area contributed by atoms with E-state index in [1.807, 2.05) is 11.8 Å². The highest BCUT2D eigenvalue weighted by molar-refractivity contribution is 8.02. The van der Waals surface area contributed by atoms with Crippen molar-refractivity contribution in [2.45, 2.75) is 59.3 Å². The second-order valence-corrected chi connectivity index (χ2v) is 5.95. The van der Waals surface area contributed by atoms with Gasteiger partial charge in [0.15, 0.2) is 0 Å². The zero-order valence-corrected chi connectivity index (χ0v) is 11.6. The highest BCUT2D eigenvalue weighted by Gasteiger charge is 2.24. The van der Waals surface area contributed by atoms with E-state index in [2.05, 4.69) is 27.0 Å². The fourth-order valence-corrected chi connectivity index (χ4v) is 3.49. The molecule has 0 saturated heterocycles. The van der Waals surface area contributed by atoms with Crippen molar-refractivity contribution in [3.63, 3.8) is 0 Å². The Morgan fingerprint density at radius 3 is 2.60 bits per heavy atom. The first kappa shape index (κ1) is 13.2. The molecule has 0 aliphatic heterocycles. The molecule has 0 saturated carbocycles. The molecule has 0 aromatic carbocycles. The predicted molar refractivity (Wildman–Crippen MR) is 72.2 cm³/mol. The zero-order valence-electron chi connectivity index (χ0n) is 10.8. The van der Waals surface area contributed by atoms with Crippen molar-refractivity contribution in [3.05, 3.63) is 10.5 Å². The third kappa shape index (κ3) is 3.86. The maximum absolute atomic E-state index is 2.44. The van der Waals surface area contributed by atoms with Crippen LogP contribution >= 0.6 is 11.8 Å². The second kappa shape index (κ2) is 6.62. The summed E-state index contributed by atoms with van der Waals surface area (Å²) in [4.78, 5) is 1.68. The summed E-state index contributed by atoms with van der Waals surface area (Å²) in [5, 5.41) is 0. The van der Waals surface area contributed by atoms with E-state index in [4.69, 9.17) is 0 Å². The topological polar surface area (TPSA) is 0 Å². The zero-order chi connectivity index (χ0) is 11.3. The van der Waals surface area contributed by atoms with Gasteiger partial charge in [0.25, 0.3) is 0 Å². The van der Waals surface area contributed by atoms with Crippen LogP contribution in [0.1, 0.15) is 59.3 Å². The van der Waals surface area contributed by atoms with Crippen LogP contribution in [0.5, 0.6) is 0 Å². The van der Waals surface area contributed by atoms with Gasteiger partial charge >= 0.3 is 0 Å². The molecule has 1 aliphatic carbocycles. The number of allylic oxidation sites excluding steroid dienone is 2. The second-order valence-electron chi connectivity index (χ2n) is 5.05. The van der Waals surface area contributed by atoms with Crippen molar-refractivity contribution in [1.82, 2.24) is 0 Å². The van der Waals surface area contributed by atoms with Crippen LogP contribution in [0.4, 0.5) is 0 Å². The van der Waals surface area contributed by atoms with Crippen molar-refractivity contribution < 1.29 is 0 Å². The smallest absolute Gasteiger partial charge is 0.0140 e. The fraction of sp³-hybridized carbons (Fsp3) is 0.857. The number of rotatable bonds is 5. The van der Waals surface area contributed by atoms with Crippen LogP contribution in [0.2, 0.25) is 0 Å². The van der Waals surface area contributed by atoms with Crippen molar-refractivity contribution in [3.8, 4) is 0 Å². The molecule has 0 nitrogen and oxygen atoms in total. The van der Waals surface area contributed by atoms with Crippen LogP contribution in [0.15, 0.2) is 10.5 Å². The maximum Gasteiger partial charge on any atom is -0.0140 e. The van der Waals surface area contributed by atoms with E-state index in [-0.39, 0.29) is 0 Å². The molecule has 0 heterocycles. The Labute approximate surface area is 99.9 Å². The van der Waals surface area contributed by atoms with Gasteiger partial charge in [-0.3, -0.25) is 0 Å². The fourth-order valence-electron chi connectivity index (χ4n) is 2.68. The van der Waals surface area contributed by atoms with Crippen LogP contribution in [0.25, 0.3) is 0 Å². The average molecular weight is 226 g/mol. The molecule has 0 spiro atoms. The summed E-state index contributed by atoms with van der Waals surface area (Å²) in [7, 11) is 0. The van der Waals surface area contributed by atoms with E-state index >= 15 is 0 Å². The molecule has 0 fully saturated rings. The molecule has 2 atom stereocenters. The van der Waals surface area contributed by atoms with Gasteiger partial charge in [-0.15, -0.1) is 11.8 Å². The molecule has 0 aromatic heterocycles. The molecule has 0 amide bonds. The van der Waals surface area contributed by atoms with Gasteiger partial charge in [-0.05, 0) is 49.2 Å². The number of unbranched alkanes of at least 4 members (excludes halogenated alkanes) is 2. The lowest BCUT2D eigenvalue weighted by Gasteiger charge is -2.31. The first-order valence-electron chi connectivity index (χ1n) is 6.41. The summed E-state index contributed by atoms with van der Waals surface area (Å²) >= 11 is 1.98. The Morgan fingerprint density at radius 2 is 2.00 bits per heavy atom. The van der Waals surface area contributed by atoms with Crippen LogP contribution in [-0.4, -0.2) is 6.26 Å². The Balaban J connectivity index is 2.46. The maximum atomic E-state index is 2.44. The van der Waals surface area contributed by atoms with Crippen molar-refractivity contribution in [2.24, 2.45) is 11.8 Å². The quantitative estimate of drug-likeness (QED) is 0.577. The summed E-state index contributed by atoms with van der Waals surface area (Å²) in [6.07, 6.45) is 10.6.